The Morgan fingerprint density at radius 1 is 1.15 bits per heavy atom. The Hall–Kier alpha value is -3.55. The number of benzene rings is 2. The number of nitrogens with zero attached hydrogens (tertiary/aromatic N) is 2. The summed E-state index contributed by atoms with van der Waals surface area (Å²) < 4.78 is 26.1. The zero-order valence-corrected chi connectivity index (χ0v) is 13.8. The third-order valence-electron chi connectivity index (χ3n) is 3.75. The van der Waals surface area contributed by atoms with E-state index in [4.69, 9.17) is 23.5 Å². The summed E-state index contributed by atoms with van der Waals surface area (Å²) in [6, 6.07) is 12.1. The minimum absolute atomic E-state index is 0.144. The first kappa shape index (κ1) is 15.9. The number of para-hydroxylation sites is 1. The van der Waals surface area contributed by atoms with Gasteiger partial charge in [-0.1, -0.05) is 17.3 Å². The fraction of sp³-hybridized carbons (Fsp3) is 0.167. The van der Waals surface area contributed by atoms with Crippen LogP contribution in [0.15, 0.2) is 47.0 Å². The van der Waals surface area contributed by atoms with Crippen LogP contribution in [0.4, 0.5) is 0 Å². The number of carbonyl (C=O) groups excluding carboxylic acids is 1. The van der Waals surface area contributed by atoms with Crippen molar-refractivity contribution in [3.05, 3.63) is 53.9 Å². The summed E-state index contributed by atoms with van der Waals surface area (Å²) in [5.74, 6) is 1.74. The van der Waals surface area contributed by atoms with Crippen molar-refractivity contribution in [2.24, 2.45) is 0 Å². The Morgan fingerprint density at radius 2 is 2.00 bits per heavy atom. The third-order valence-corrected chi connectivity index (χ3v) is 3.75. The lowest BCUT2D eigenvalue weighted by Gasteiger charge is -2.06. The first-order valence-corrected chi connectivity index (χ1v) is 7.77. The molecule has 1 aliphatic heterocycles. The van der Waals surface area contributed by atoms with Gasteiger partial charge in [0.05, 0.1) is 7.11 Å². The van der Waals surface area contributed by atoms with E-state index in [-0.39, 0.29) is 19.3 Å². The molecule has 8 heteroatoms. The van der Waals surface area contributed by atoms with Crippen molar-refractivity contribution < 1.29 is 28.3 Å². The Bertz CT molecular complexity index is 952. The van der Waals surface area contributed by atoms with E-state index in [9.17, 15) is 4.79 Å². The van der Waals surface area contributed by atoms with E-state index in [1.54, 1.807) is 42.5 Å². The number of esters is 1. The molecule has 0 aliphatic carbocycles. The number of fused-ring (bicyclic) bond motifs is 1. The lowest BCUT2D eigenvalue weighted by Crippen LogP contribution is -2.07. The van der Waals surface area contributed by atoms with Crippen molar-refractivity contribution in [1.29, 1.82) is 0 Å². The first-order chi connectivity index (χ1) is 12.7. The van der Waals surface area contributed by atoms with Crippen LogP contribution in [0.3, 0.4) is 0 Å². The van der Waals surface area contributed by atoms with Gasteiger partial charge in [-0.05, 0) is 30.3 Å². The molecule has 0 radical (unpaired) electrons. The van der Waals surface area contributed by atoms with E-state index in [1.165, 1.54) is 7.11 Å². The van der Waals surface area contributed by atoms with Crippen molar-refractivity contribution in [3.8, 4) is 28.6 Å². The number of methoxy groups -OCH3 is 1. The van der Waals surface area contributed by atoms with Gasteiger partial charge >= 0.3 is 5.97 Å². The van der Waals surface area contributed by atoms with Gasteiger partial charge in [-0.3, -0.25) is 0 Å². The second kappa shape index (κ2) is 6.75. The highest BCUT2D eigenvalue weighted by Crippen LogP contribution is 2.35. The number of carbonyl (C=O) groups is 1. The first-order valence-electron chi connectivity index (χ1n) is 7.77. The second-order valence-corrected chi connectivity index (χ2v) is 5.36. The van der Waals surface area contributed by atoms with E-state index in [1.807, 2.05) is 0 Å². The second-order valence-electron chi connectivity index (χ2n) is 5.36. The molecule has 1 aromatic heterocycles. The normalized spacial score (nSPS) is 12.0. The van der Waals surface area contributed by atoms with E-state index < -0.39 is 5.97 Å². The predicted molar refractivity (Wildman–Crippen MR) is 88.0 cm³/mol. The third kappa shape index (κ3) is 3.04. The van der Waals surface area contributed by atoms with Crippen LogP contribution in [-0.4, -0.2) is 30.0 Å². The lowest BCUT2D eigenvalue weighted by molar-refractivity contribution is 0.0426. The quantitative estimate of drug-likeness (QED) is 0.646. The molecule has 0 spiro atoms. The largest absolute Gasteiger partial charge is 0.496 e. The highest BCUT2D eigenvalue weighted by atomic mass is 16.7. The molecule has 26 heavy (non-hydrogen) atoms. The fourth-order valence-electron chi connectivity index (χ4n) is 2.48. The molecule has 0 unspecified atom stereocenters. The lowest BCUT2D eigenvalue weighted by atomic mass is 10.2. The molecule has 0 bridgehead atoms. The molecule has 1 aliphatic rings. The molecule has 0 N–H and O–H groups in total. The van der Waals surface area contributed by atoms with Crippen molar-refractivity contribution in [2.45, 2.75) is 6.61 Å². The van der Waals surface area contributed by atoms with Gasteiger partial charge in [-0.25, -0.2) is 4.79 Å². The number of ether oxygens (including phenoxy) is 4. The summed E-state index contributed by atoms with van der Waals surface area (Å²) >= 11 is 0. The van der Waals surface area contributed by atoms with Gasteiger partial charge in [0, 0.05) is 5.56 Å². The van der Waals surface area contributed by atoms with Crippen LogP contribution in [0.5, 0.6) is 17.2 Å². The van der Waals surface area contributed by atoms with Crippen molar-refractivity contribution >= 4 is 5.97 Å². The number of hydrogen-bond donors (Lipinski definition) is 0. The summed E-state index contributed by atoms with van der Waals surface area (Å²) in [7, 11) is 1.49. The molecule has 0 saturated carbocycles. The topological polar surface area (TPSA) is 92.9 Å². The van der Waals surface area contributed by atoms with Crippen LogP contribution >= 0.6 is 0 Å². The summed E-state index contributed by atoms with van der Waals surface area (Å²) in [5, 5.41) is 3.90. The van der Waals surface area contributed by atoms with Crippen LogP contribution in [-0.2, 0) is 11.3 Å². The molecular formula is C18H14N2O6. The summed E-state index contributed by atoms with van der Waals surface area (Å²) in [5.41, 5.74) is 1.03. The van der Waals surface area contributed by atoms with Gasteiger partial charge in [-0.15, -0.1) is 0 Å². The molecular weight excluding hydrogens is 340 g/mol. The predicted octanol–water partition coefficient (Wildman–Crippen LogP) is 2.83. The Kier molecular flexibility index (Phi) is 4.14. The minimum atomic E-state index is -0.537. The zero-order valence-electron chi connectivity index (χ0n) is 13.8. The van der Waals surface area contributed by atoms with Gasteiger partial charge < -0.3 is 23.5 Å². The van der Waals surface area contributed by atoms with Crippen LogP contribution in [0, 0.1) is 0 Å². The average Bonchev–Trinajstić information content (AvgIpc) is 3.34. The van der Waals surface area contributed by atoms with Gasteiger partial charge in [-0.2, -0.15) is 4.98 Å². The Balaban J connectivity index is 1.45. The summed E-state index contributed by atoms with van der Waals surface area (Å²) in [6.07, 6.45) is 0. The van der Waals surface area contributed by atoms with Crippen molar-refractivity contribution in [2.75, 3.05) is 13.9 Å². The maximum atomic E-state index is 12.2. The zero-order chi connectivity index (χ0) is 17.9. The summed E-state index contributed by atoms with van der Waals surface area (Å²) in [6.45, 7) is 0.0453. The van der Waals surface area contributed by atoms with E-state index >= 15 is 0 Å². The molecule has 0 amide bonds. The van der Waals surface area contributed by atoms with Crippen molar-refractivity contribution in [3.63, 3.8) is 0 Å². The van der Waals surface area contributed by atoms with Crippen LogP contribution < -0.4 is 14.2 Å². The van der Waals surface area contributed by atoms with E-state index in [0.717, 1.165) is 0 Å². The minimum Gasteiger partial charge on any atom is -0.496 e. The Morgan fingerprint density at radius 3 is 2.88 bits per heavy atom. The van der Waals surface area contributed by atoms with Gasteiger partial charge in [0.1, 0.15) is 11.3 Å². The Labute approximate surface area is 148 Å². The monoisotopic (exact) mass is 354 g/mol. The molecule has 2 heterocycles. The van der Waals surface area contributed by atoms with E-state index in [0.29, 0.717) is 34.2 Å². The maximum absolute atomic E-state index is 12.2. The molecule has 0 atom stereocenters. The van der Waals surface area contributed by atoms with Gasteiger partial charge in [0.25, 0.3) is 5.89 Å². The van der Waals surface area contributed by atoms with Crippen LogP contribution in [0.1, 0.15) is 16.2 Å². The average molecular weight is 354 g/mol. The smallest absolute Gasteiger partial charge is 0.342 e. The number of aromatic nitrogens is 2. The maximum Gasteiger partial charge on any atom is 0.342 e. The molecule has 2 aromatic carbocycles. The van der Waals surface area contributed by atoms with Gasteiger partial charge in [0.15, 0.2) is 18.1 Å². The highest BCUT2D eigenvalue weighted by molar-refractivity contribution is 5.92. The highest BCUT2D eigenvalue weighted by Gasteiger charge is 2.18. The standard InChI is InChI=1S/C18H14N2O6/c1-22-13-5-3-2-4-12(13)18(21)23-9-16-19-17(20-26-16)11-6-7-14-15(8-11)25-10-24-14/h2-8H,9-10H2,1H3. The van der Waals surface area contributed by atoms with E-state index in [2.05, 4.69) is 10.1 Å². The molecule has 4 rings (SSSR count). The number of hydrogen-bond acceptors (Lipinski definition) is 8. The number of rotatable bonds is 5. The fourth-order valence-corrected chi connectivity index (χ4v) is 2.48. The van der Waals surface area contributed by atoms with Gasteiger partial charge in [0.2, 0.25) is 12.6 Å². The molecule has 0 saturated heterocycles. The molecule has 8 nitrogen and oxygen atoms in total. The summed E-state index contributed by atoms with van der Waals surface area (Å²) in [4.78, 5) is 16.4. The van der Waals surface area contributed by atoms with Crippen LogP contribution in [0.25, 0.3) is 11.4 Å². The molecule has 132 valence electrons. The SMILES string of the molecule is COc1ccccc1C(=O)OCc1nc(-c2ccc3c(c2)OCO3)no1. The molecule has 3 aromatic rings. The van der Waals surface area contributed by atoms with Crippen LogP contribution in [0.2, 0.25) is 0 Å². The molecule has 0 fully saturated rings. The van der Waals surface area contributed by atoms with Crippen molar-refractivity contribution in [1.82, 2.24) is 10.1 Å².